The molecule has 0 saturated carbocycles. The number of thioether (sulfide) groups is 1. The van der Waals surface area contributed by atoms with Gasteiger partial charge in [-0.3, -0.25) is 9.69 Å². The molecule has 8 heteroatoms. The maximum atomic E-state index is 12.3. The number of carbonyl (C=O) groups is 3. The van der Waals surface area contributed by atoms with E-state index in [1.165, 1.54) is 30.7 Å². The lowest BCUT2D eigenvalue weighted by molar-refractivity contribution is -0.146. The van der Waals surface area contributed by atoms with Gasteiger partial charge < -0.3 is 14.2 Å². The van der Waals surface area contributed by atoms with E-state index >= 15 is 0 Å². The standard InChI is InChI=1S/C18H17NO6S/c1-10(17(21)24-3)14-15(20)19-13(9-26-16(14)19)18(22)25-8-11-4-6-12(23-2)7-5-11/h4-7,9,16H,8H2,1-3H3/t16-/m1/s1. The molecule has 1 saturated heterocycles. The van der Waals surface area contributed by atoms with Gasteiger partial charge in [-0.15, -0.1) is 11.8 Å². The predicted octanol–water partition coefficient (Wildman–Crippen LogP) is 1.98. The number of hydrogen-bond donors (Lipinski definition) is 0. The molecular formula is C18H17NO6S. The van der Waals surface area contributed by atoms with Gasteiger partial charge in [0.2, 0.25) is 0 Å². The topological polar surface area (TPSA) is 82.1 Å². The molecule has 1 atom stereocenters. The number of β-lactam (4-membered cyclic amide) rings is 1. The summed E-state index contributed by atoms with van der Waals surface area (Å²) < 4.78 is 15.0. The summed E-state index contributed by atoms with van der Waals surface area (Å²) in [5, 5.41) is 1.20. The minimum absolute atomic E-state index is 0.0847. The molecule has 26 heavy (non-hydrogen) atoms. The molecule has 1 fully saturated rings. The lowest BCUT2D eigenvalue weighted by Crippen LogP contribution is -2.52. The molecule has 0 aromatic heterocycles. The zero-order valence-electron chi connectivity index (χ0n) is 14.5. The smallest absolute Gasteiger partial charge is 0.355 e. The number of ether oxygens (including phenoxy) is 3. The van der Waals surface area contributed by atoms with Gasteiger partial charge in [-0.2, -0.15) is 0 Å². The van der Waals surface area contributed by atoms with E-state index in [1.807, 2.05) is 0 Å². The number of carbonyl (C=O) groups excluding carboxylic acids is 3. The SMILES string of the molecule is COC(=O)C(C)=C1C(=O)N2C(C(=O)OCc3ccc(OC)cc3)=CS[C@H]12. The van der Waals surface area contributed by atoms with Gasteiger partial charge in [0.25, 0.3) is 5.91 Å². The van der Waals surface area contributed by atoms with Crippen LogP contribution in [0, 0.1) is 0 Å². The van der Waals surface area contributed by atoms with Crippen molar-refractivity contribution in [2.75, 3.05) is 14.2 Å². The molecule has 136 valence electrons. The minimum atomic E-state index is -0.584. The van der Waals surface area contributed by atoms with Crippen molar-refractivity contribution in [1.82, 2.24) is 4.90 Å². The summed E-state index contributed by atoms with van der Waals surface area (Å²) in [6, 6.07) is 7.13. The van der Waals surface area contributed by atoms with Gasteiger partial charge in [0.1, 0.15) is 23.4 Å². The van der Waals surface area contributed by atoms with Crippen LogP contribution < -0.4 is 4.74 Å². The molecular weight excluding hydrogens is 358 g/mol. The first-order valence-electron chi connectivity index (χ1n) is 7.76. The van der Waals surface area contributed by atoms with Gasteiger partial charge in [0, 0.05) is 11.0 Å². The molecule has 1 aromatic rings. The number of fused-ring (bicyclic) bond motifs is 1. The lowest BCUT2D eigenvalue weighted by Gasteiger charge is -2.38. The Balaban J connectivity index is 1.64. The maximum Gasteiger partial charge on any atom is 0.355 e. The Morgan fingerprint density at radius 1 is 1.19 bits per heavy atom. The van der Waals surface area contributed by atoms with Crippen molar-refractivity contribution in [3.63, 3.8) is 0 Å². The highest BCUT2D eigenvalue weighted by atomic mass is 32.2. The number of benzene rings is 1. The fourth-order valence-electron chi connectivity index (χ4n) is 2.65. The molecule has 0 bridgehead atoms. The van der Waals surface area contributed by atoms with E-state index in [1.54, 1.807) is 36.8 Å². The lowest BCUT2D eigenvalue weighted by atomic mass is 9.99. The van der Waals surface area contributed by atoms with Crippen LogP contribution in [0.3, 0.4) is 0 Å². The van der Waals surface area contributed by atoms with E-state index in [2.05, 4.69) is 4.74 Å². The number of rotatable bonds is 5. The van der Waals surface area contributed by atoms with Gasteiger partial charge in [-0.25, -0.2) is 9.59 Å². The van der Waals surface area contributed by atoms with Crippen LogP contribution in [0.25, 0.3) is 0 Å². The summed E-state index contributed by atoms with van der Waals surface area (Å²) in [5.74, 6) is -0.803. The molecule has 7 nitrogen and oxygen atoms in total. The first kappa shape index (κ1) is 18.1. The number of nitrogens with zero attached hydrogens (tertiary/aromatic N) is 1. The van der Waals surface area contributed by atoms with E-state index in [0.717, 1.165) is 5.56 Å². The van der Waals surface area contributed by atoms with Crippen LogP contribution in [-0.2, 0) is 30.5 Å². The quantitative estimate of drug-likeness (QED) is 0.442. The molecule has 2 aliphatic heterocycles. The molecule has 0 radical (unpaired) electrons. The Labute approximate surface area is 154 Å². The van der Waals surface area contributed by atoms with Crippen molar-refractivity contribution in [1.29, 1.82) is 0 Å². The molecule has 1 aromatic carbocycles. The second-order valence-electron chi connectivity index (χ2n) is 5.62. The highest BCUT2D eigenvalue weighted by Gasteiger charge is 2.51. The van der Waals surface area contributed by atoms with E-state index in [9.17, 15) is 14.4 Å². The van der Waals surface area contributed by atoms with E-state index in [4.69, 9.17) is 9.47 Å². The summed E-state index contributed by atoms with van der Waals surface area (Å²) in [7, 11) is 2.83. The largest absolute Gasteiger partial charge is 0.497 e. The predicted molar refractivity (Wildman–Crippen MR) is 93.8 cm³/mol. The molecule has 0 N–H and O–H groups in total. The van der Waals surface area contributed by atoms with Crippen molar-refractivity contribution in [2.24, 2.45) is 0 Å². The van der Waals surface area contributed by atoms with Gasteiger partial charge in [0.15, 0.2) is 0 Å². The normalized spacial score (nSPS) is 20.0. The molecule has 0 spiro atoms. The van der Waals surface area contributed by atoms with E-state index < -0.39 is 11.9 Å². The molecule has 1 amide bonds. The second kappa shape index (κ2) is 7.25. The first-order chi connectivity index (χ1) is 12.5. The van der Waals surface area contributed by atoms with Crippen LogP contribution in [0.4, 0.5) is 0 Å². The van der Waals surface area contributed by atoms with Crippen LogP contribution >= 0.6 is 11.8 Å². The Bertz CT molecular complexity index is 827. The van der Waals surface area contributed by atoms with Gasteiger partial charge >= 0.3 is 11.9 Å². The monoisotopic (exact) mass is 375 g/mol. The summed E-state index contributed by atoms with van der Waals surface area (Å²) >= 11 is 1.28. The Morgan fingerprint density at radius 3 is 2.50 bits per heavy atom. The van der Waals surface area contributed by atoms with Crippen molar-refractivity contribution >= 4 is 29.6 Å². The highest BCUT2D eigenvalue weighted by molar-refractivity contribution is 8.03. The van der Waals surface area contributed by atoms with Crippen LogP contribution in [0.15, 0.2) is 46.5 Å². The number of hydrogen-bond acceptors (Lipinski definition) is 7. The Hall–Kier alpha value is -2.74. The van der Waals surface area contributed by atoms with Gasteiger partial charge in [-0.1, -0.05) is 12.1 Å². The van der Waals surface area contributed by atoms with Gasteiger partial charge in [0.05, 0.1) is 19.8 Å². The van der Waals surface area contributed by atoms with Crippen LogP contribution in [-0.4, -0.2) is 42.3 Å². The maximum absolute atomic E-state index is 12.3. The van der Waals surface area contributed by atoms with E-state index in [-0.39, 0.29) is 29.2 Å². The average Bonchev–Trinajstić information content (AvgIpc) is 3.05. The Morgan fingerprint density at radius 2 is 1.88 bits per heavy atom. The number of esters is 2. The van der Waals surface area contributed by atoms with Crippen molar-refractivity contribution in [3.8, 4) is 5.75 Å². The number of methoxy groups -OCH3 is 2. The second-order valence-corrected chi connectivity index (χ2v) is 6.58. The van der Waals surface area contributed by atoms with Crippen molar-refractivity contribution < 1.29 is 28.6 Å². The zero-order valence-corrected chi connectivity index (χ0v) is 15.3. The third-order valence-corrected chi connectivity index (χ3v) is 5.20. The minimum Gasteiger partial charge on any atom is -0.497 e. The summed E-state index contributed by atoms with van der Waals surface area (Å²) in [6.45, 7) is 1.62. The van der Waals surface area contributed by atoms with Crippen molar-refractivity contribution in [2.45, 2.75) is 18.9 Å². The first-order valence-corrected chi connectivity index (χ1v) is 8.70. The molecule has 2 heterocycles. The van der Waals surface area contributed by atoms with Crippen LogP contribution in [0.2, 0.25) is 0 Å². The average molecular weight is 375 g/mol. The van der Waals surface area contributed by atoms with Crippen molar-refractivity contribution in [3.05, 3.63) is 52.1 Å². The van der Waals surface area contributed by atoms with Gasteiger partial charge in [-0.05, 0) is 24.6 Å². The molecule has 2 aliphatic rings. The fraction of sp³-hybridized carbons (Fsp3) is 0.278. The molecule has 0 aliphatic carbocycles. The fourth-order valence-corrected chi connectivity index (χ4v) is 3.87. The highest BCUT2D eigenvalue weighted by Crippen LogP contribution is 2.46. The summed E-state index contributed by atoms with van der Waals surface area (Å²) in [6.07, 6.45) is 0. The van der Waals surface area contributed by atoms with Crippen LogP contribution in [0.1, 0.15) is 12.5 Å². The third-order valence-electron chi connectivity index (χ3n) is 4.13. The number of amides is 1. The molecule has 3 rings (SSSR count). The van der Waals surface area contributed by atoms with Crippen LogP contribution in [0.5, 0.6) is 5.75 Å². The van der Waals surface area contributed by atoms with E-state index in [0.29, 0.717) is 11.3 Å². The summed E-state index contributed by atoms with van der Waals surface area (Å²) in [4.78, 5) is 37.6. The Kier molecular flexibility index (Phi) is 5.03. The zero-order chi connectivity index (χ0) is 18.8. The summed E-state index contributed by atoms with van der Waals surface area (Å²) in [5.41, 5.74) is 1.60. The molecule has 0 unspecified atom stereocenters. The third kappa shape index (κ3) is 3.08.